The van der Waals surface area contributed by atoms with Crippen LogP contribution in [0.2, 0.25) is 0 Å². The van der Waals surface area contributed by atoms with Crippen molar-refractivity contribution in [3.8, 4) is 0 Å². The smallest absolute Gasteiger partial charge is 0.302 e. The van der Waals surface area contributed by atoms with Crippen molar-refractivity contribution in [3.63, 3.8) is 0 Å². The number of hydrogen-bond acceptors (Lipinski definition) is 2. The van der Waals surface area contributed by atoms with E-state index in [4.69, 9.17) is 4.74 Å². The Morgan fingerprint density at radius 2 is 2.16 bits per heavy atom. The maximum Gasteiger partial charge on any atom is 0.302 e. The molecule has 2 heteroatoms. The molecule has 0 aromatic rings. The summed E-state index contributed by atoms with van der Waals surface area (Å²) in [6.45, 7) is 9.16. The predicted molar refractivity (Wildman–Crippen MR) is 75.6 cm³/mol. The van der Waals surface area contributed by atoms with Crippen LogP contribution in [-0.4, -0.2) is 12.6 Å². The van der Waals surface area contributed by atoms with E-state index in [0.29, 0.717) is 17.4 Å². The average Bonchev–Trinajstić information content (AvgIpc) is 2.90. The Balaban J connectivity index is 2.02. The first-order valence-electron chi connectivity index (χ1n) is 7.71. The van der Waals surface area contributed by atoms with Crippen LogP contribution >= 0.6 is 0 Å². The summed E-state index contributed by atoms with van der Waals surface area (Å²) in [5.41, 5.74) is 2.38. The SMILES string of the molecule is CC(=O)OC[C@@]1(C)C=C(C)[C@]23CCCC21CC[C@H]3C. The molecule has 3 rings (SSSR count). The van der Waals surface area contributed by atoms with E-state index < -0.39 is 0 Å². The second kappa shape index (κ2) is 3.86. The lowest BCUT2D eigenvalue weighted by Crippen LogP contribution is -2.45. The monoisotopic (exact) mass is 262 g/mol. The summed E-state index contributed by atoms with van der Waals surface area (Å²) in [5, 5.41) is 0. The molecule has 3 aliphatic rings. The van der Waals surface area contributed by atoms with Crippen molar-refractivity contribution in [3.05, 3.63) is 11.6 Å². The van der Waals surface area contributed by atoms with Gasteiger partial charge in [-0.2, -0.15) is 0 Å². The summed E-state index contributed by atoms with van der Waals surface area (Å²) in [4.78, 5) is 11.2. The van der Waals surface area contributed by atoms with Crippen LogP contribution in [0.3, 0.4) is 0 Å². The molecule has 4 atom stereocenters. The van der Waals surface area contributed by atoms with Crippen LogP contribution in [0.15, 0.2) is 11.6 Å². The van der Waals surface area contributed by atoms with E-state index in [1.54, 1.807) is 5.57 Å². The first kappa shape index (κ1) is 13.2. The van der Waals surface area contributed by atoms with Gasteiger partial charge in [0.25, 0.3) is 0 Å². The van der Waals surface area contributed by atoms with Gasteiger partial charge in [0.15, 0.2) is 0 Å². The largest absolute Gasteiger partial charge is 0.465 e. The van der Waals surface area contributed by atoms with Gasteiger partial charge in [0.1, 0.15) is 6.61 Å². The molecule has 0 aliphatic heterocycles. The van der Waals surface area contributed by atoms with Crippen molar-refractivity contribution in [2.24, 2.45) is 22.2 Å². The number of carbonyl (C=O) groups excluding carboxylic acids is 1. The van der Waals surface area contributed by atoms with Crippen LogP contribution in [0.4, 0.5) is 0 Å². The molecule has 19 heavy (non-hydrogen) atoms. The van der Waals surface area contributed by atoms with E-state index in [0.717, 1.165) is 5.92 Å². The maximum atomic E-state index is 11.2. The molecule has 0 bridgehead atoms. The van der Waals surface area contributed by atoms with Gasteiger partial charge in [-0.1, -0.05) is 31.9 Å². The second-order valence-corrected chi connectivity index (χ2v) is 7.37. The lowest BCUT2D eigenvalue weighted by molar-refractivity contribution is -0.146. The second-order valence-electron chi connectivity index (χ2n) is 7.37. The molecule has 0 aromatic heterocycles. The molecule has 3 aliphatic carbocycles. The van der Waals surface area contributed by atoms with Gasteiger partial charge in [-0.3, -0.25) is 4.79 Å². The van der Waals surface area contributed by atoms with Crippen LogP contribution in [0.25, 0.3) is 0 Å². The molecular formula is C17H26O2. The standard InChI is InChI=1S/C17H26O2/c1-12-6-9-16-7-5-8-17(12,16)13(2)10-15(16,4)11-19-14(3)18/h10,12H,5-9,11H2,1-4H3/t12-,15-,16?,17-/m1/s1. The van der Waals surface area contributed by atoms with Crippen molar-refractivity contribution in [2.45, 2.75) is 59.8 Å². The van der Waals surface area contributed by atoms with Gasteiger partial charge < -0.3 is 4.74 Å². The summed E-state index contributed by atoms with van der Waals surface area (Å²) >= 11 is 0. The molecule has 0 heterocycles. The van der Waals surface area contributed by atoms with E-state index in [9.17, 15) is 4.79 Å². The molecule has 0 amide bonds. The molecule has 0 N–H and O–H groups in total. The number of allylic oxidation sites excluding steroid dienone is 1. The summed E-state index contributed by atoms with van der Waals surface area (Å²) in [5.74, 6) is 0.635. The zero-order chi connectivity index (χ0) is 13.9. The fraction of sp³-hybridized carbons (Fsp3) is 0.824. The lowest BCUT2D eigenvalue weighted by atomic mass is 9.56. The Kier molecular flexibility index (Phi) is 2.69. The fourth-order valence-corrected chi connectivity index (χ4v) is 6.13. The van der Waals surface area contributed by atoms with Crippen LogP contribution < -0.4 is 0 Å². The highest BCUT2D eigenvalue weighted by Crippen LogP contribution is 2.78. The van der Waals surface area contributed by atoms with Crippen molar-refractivity contribution in [1.29, 1.82) is 0 Å². The first-order chi connectivity index (χ1) is 8.88. The number of hydrogen-bond donors (Lipinski definition) is 0. The third-order valence-electron chi connectivity index (χ3n) is 6.78. The van der Waals surface area contributed by atoms with Gasteiger partial charge in [0.05, 0.1) is 0 Å². The Labute approximate surface area is 116 Å². The molecule has 0 spiro atoms. The van der Waals surface area contributed by atoms with E-state index in [2.05, 4.69) is 26.8 Å². The van der Waals surface area contributed by atoms with E-state index in [1.807, 2.05) is 0 Å². The third-order valence-corrected chi connectivity index (χ3v) is 6.78. The molecule has 2 nitrogen and oxygen atoms in total. The van der Waals surface area contributed by atoms with Crippen LogP contribution in [0, 0.1) is 22.2 Å². The Morgan fingerprint density at radius 3 is 2.84 bits per heavy atom. The minimum atomic E-state index is -0.148. The van der Waals surface area contributed by atoms with Gasteiger partial charge >= 0.3 is 5.97 Å². The van der Waals surface area contributed by atoms with E-state index >= 15 is 0 Å². The topological polar surface area (TPSA) is 26.3 Å². The zero-order valence-electron chi connectivity index (χ0n) is 12.7. The molecule has 1 unspecified atom stereocenters. The molecule has 0 aromatic carbocycles. The van der Waals surface area contributed by atoms with Crippen LogP contribution in [-0.2, 0) is 9.53 Å². The molecule has 0 radical (unpaired) electrons. The van der Waals surface area contributed by atoms with Gasteiger partial charge in [-0.15, -0.1) is 0 Å². The number of ether oxygens (including phenoxy) is 1. The number of carbonyl (C=O) groups is 1. The van der Waals surface area contributed by atoms with Gasteiger partial charge in [-0.25, -0.2) is 0 Å². The predicted octanol–water partition coefficient (Wildman–Crippen LogP) is 4.10. The molecule has 2 saturated carbocycles. The van der Waals surface area contributed by atoms with Crippen molar-refractivity contribution in [1.82, 2.24) is 0 Å². The van der Waals surface area contributed by atoms with Gasteiger partial charge in [0, 0.05) is 17.8 Å². The fourth-order valence-electron chi connectivity index (χ4n) is 6.13. The van der Waals surface area contributed by atoms with Crippen molar-refractivity contribution >= 4 is 5.97 Å². The molecule has 2 fully saturated rings. The quantitative estimate of drug-likeness (QED) is 0.553. The Bertz CT molecular complexity index is 452. The maximum absolute atomic E-state index is 11.2. The summed E-state index contributed by atoms with van der Waals surface area (Å²) in [6, 6.07) is 0. The summed E-state index contributed by atoms with van der Waals surface area (Å²) in [7, 11) is 0. The molecular weight excluding hydrogens is 236 g/mol. The van der Waals surface area contributed by atoms with E-state index in [-0.39, 0.29) is 11.4 Å². The normalized spacial score (nSPS) is 47.8. The highest BCUT2D eigenvalue weighted by molar-refractivity contribution is 5.66. The highest BCUT2D eigenvalue weighted by atomic mass is 16.5. The number of rotatable bonds is 2. The van der Waals surface area contributed by atoms with Crippen LogP contribution in [0.1, 0.15) is 59.8 Å². The Hall–Kier alpha value is -0.790. The summed E-state index contributed by atoms with van der Waals surface area (Å²) in [6.07, 6.45) is 9.08. The van der Waals surface area contributed by atoms with Crippen molar-refractivity contribution < 1.29 is 9.53 Å². The minimum absolute atomic E-state index is 0.0456. The van der Waals surface area contributed by atoms with Gasteiger partial charge in [-0.05, 0) is 43.9 Å². The highest BCUT2D eigenvalue weighted by Gasteiger charge is 2.71. The van der Waals surface area contributed by atoms with E-state index in [1.165, 1.54) is 39.0 Å². The van der Waals surface area contributed by atoms with Crippen molar-refractivity contribution in [2.75, 3.05) is 6.61 Å². The zero-order valence-corrected chi connectivity index (χ0v) is 12.7. The minimum Gasteiger partial charge on any atom is -0.465 e. The molecule has 106 valence electrons. The third kappa shape index (κ3) is 1.35. The Morgan fingerprint density at radius 1 is 1.42 bits per heavy atom. The number of esters is 1. The van der Waals surface area contributed by atoms with Gasteiger partial charge in [0.2, 0.25) is 0 Å². The average molecular weight is 262 g/mol. The van der Waals surface area contributed by atoms with Crippen LogP contribution in [0.5, 0.6) is 0 Å². The summed E-state index contributed by atoms with van der Waals surface area (Å²) < 4.78 is 5.44. The lowest BCUT2D eigenvalue weighted by Gasteiger charge is -2.47. The first-order valence-corrected chi connectivity index (χ1v) is 7.71. The molecule has 0 saturated heterocycles.